The van der Waals surface area contributed by atoms with E-state index in [1.807, 2.05) is 51.1 Å². The van der Waals surface area contributed by atoms with Crippen molar-refractivity contribution in [3.05, 3.63) is 35.9 Å². The first-order valence-corrected chi connectivity index (χ1v) is 32.6. The highest BCUT2D eigenvalue weighted by molar-refractivity contribution is 5.99. The molecule has 0 radical (unpaired) electrons. The highest BCUT2D eigenvalue weighted by Crippen LogP contribution is 2.18. The summed E-state index contributed by atoms with van der Waals surface area (Å²) in [6.45, 7) is 19.4. The average Bonchev–Trinajstić information content (AvgIpc) is 1.78. The zero-order chi connectivity index (χ0) is 70.2. The van der Waals surface area contributed by atoms with Crippen LogP contribution in [-0.2, 0) is 63.9 Å². The van der Waals surface area contributed by atoms with Gasteiger partial charge >= 0.3 is 5.97 Å². The van der Waals surface area contributed by atoms with Crippen molar-refractivity contribution in [3.8, 4) is 0 Å². The lowest BCUT2D eigenvalue weighted by atomic mass is 9.94. The Morgan fingerprint density at radius 1 is 0.570 bits per heavy atom. The number of esters is 1. The number of guanidine groups is 2. The van der Waals surface area contributed by atoms with Gasteiger partial charge in [0.2, 0.25) is 59.1 Å². The van der Waals surface area contributed by atoms with Gasteiger partial charge in [-0.25, -0.2) is 4.79 Å². The van der Waals surface area contributed by atoms with E-state index in [9.17, 15) is 57.8 Å². The number of nitrogens with two attached hydrogens (primary N) is 2. The number of aliphatic hydroxyl groups is 1. The van der Waals surface area contributed by atoms with Crippen molar-refractivity contribution < 1.29 is 62.6 Å². The molecule has 1 aromatic rings. The second-order valence-corrected chi connectivity index (χ2v) is 24.7. The molecule has 1 fully saturated rings. The summed E-state index contributed by atoms with van der Waals surface area (Å²) in [6, 6.07) is -4.82. The molecule has 0 bridgehead atoms. The molecule has 1 heterocycles. The zero-order valence-corrected chi connectivity index (χ0v) is 56.6. The van der Waals surface area contributed by atoms with Gasteiger partial charge in [-0.1, -0.05) is 125 Å². The molecule has 524 valence electrons. The van der Waals surface area contributed by atoms with E-state index in [1.54, 1.807) is 55.5 Å². The van der Waals surface area contributed by atoms with Gasteiger partial charge in [0, 0.05) is 13.1 Å². The molecule has 20 N–H and O–H groups in total. The first kappa shape index (κ1) is 80.9. The van der Waals surface area contributed by atoms with E-state index < -0.39 is 168 Å². The van der Waals surface area contributed by atoms with Crippen molar-refractivity contribution in [2.24, 2.45) is 41.1 Å². The van der Waals surface area contributed by atoms with Gasteiger partial charge in [0.05, 0.1) is 12.6 Å². The first-order chi connectivity index (χ1) is 43.9. The molecule has 30 nitrogen and oxygen atoms in total. The third kappa shape index (κ3) is 27.5. The van der Waals surface area contributed by atoms with Crippen LogP contribution in [0.2, 0.25) is 0 Å². The Bertz CT molecular complexity index is 2650. The van der Waals surface area contributed by atoms with Crippen LogP contribution in [0.4, 0.5) is 0 Å². The number of carbonyl (C=O) groups excluding carboxylic acids is 11. The molecule has 16 atom stereocenters. The fourth-order valence-corrected chi connectivity index (χ4v) is 10.1. The first-order valence-electron chi connectivity index (χ1n) is 32.6. The number of nitrogens with one attached hydrogen (secondary N) is 15. The molecule has 0 aliphatic carbocycles. The van der Waals surface area contributed by atoms with E-state index in [0.29, 0.717) is 32.1 Å². The number of ether oxygens (including phenoxy) is 1. The van der Waals surface area contributed by atoms with Gasteiger partial charge in [0.25, 0.3) is 0 Å². The third-order valence-electron chi connectivity index (χ3n) is 16.9. The Morgan fingerprint density at radius 2 is 1.02 bits per heavy atom. The van der Waals surface area contributed by atoms with E-state index in [1.165, 1.54) is 13.8 Å². The zero-order valence-electron chi connectivity index (χ0n) is 56.6. The van der Waals surface area contributed by atoms with Gasteiger partial charge in [-0.05, 0) is 101 Å². The summed E-state index contributed by atoms with van der Waals surface area (Å²) in [7, 11) is 1.64. The summed E-state index contributed by atoms with van der Waals surface area (Å²) in [5.74, 6) is -11.9. The monoisotopic (exact) mass is 1310 g/mol. The second-order valence-electron chi connectivity index (χ2n) is 24.7. The number of likely N-dealkylation sites (N-methyl/N-ethyl adjacent to an activating group) is 1. The standard InChI is InChI=1S/C63H109N17O13/c1-14-34(7)46(76-52(83)41(68-13)28-27-40-23-19-18-20-24-40)57(88)73-42(25-21-29-69-62(64)65)53(84)72-43(26-22-30-70-63(66)67)54(85)77-48(36(9)16-3)59(90)78-47(35(8)15-2)58(89)75-45(32-81)56(87)80-50-39(12)93-61(92)49(37(10)17-4)79-55(86)44(31-33(5)6)74-51(82)38(11)71-60(50)91/h18-20,23-24,33-39,41-50,68,81H,14-17,21-22,25-32H2,1-13H3,(H,71,91)(H,72,84)(H,73,88)(H,74,82)(H,75,89)(H,76,83)(H,77,85)(H,78,90)(H,79,86)(H,80,87)(H4,64,65,69)(H4,66,67,70)/t34-,35-,36+,37-,38-,39-,41+,42-,43+,44-,45-,46-,47-,48+,49-,50+/m0/s1. The highest BCUT2D eigenvalue weighted by atomic mass is 16.5. The van der Waals surface area contributed by atoms with Crippen LogP contribution in [0, 0.1) is 40.4 Å². The van der Waals surface area contributed by atoms with Crippen LogP contribution in [0.25, 0.3) is 0 Å². The molecule has 0 saturated carbocycles. The fraction of sp³-hybridized carbons (Fsp3) is 0.698. The maximum atomic E-state index is 14.7. The van der Waals surface area contributed by atoms with Crippen LogP contribution in [-0.4, -0.2) is 181 Å². The Balaban J connectivity index is 2.52. The number of cyclic esters (lactones) is 1. The largest absolute Gasteiger partial charge is 0.458 e. The SMILES string of the molecule is CC[C@@H](C)[C@@H](NC(=O)[C@@H](CCCNC(=N)N)NC(=O)[C@H](CCCNC(=N)N)NC(=O)[C@@H](NC(=O)[C@@H](CCc1ccccc1)NC)[C@@H](C)CC)C(=O)N[C@H](C(=O)N[C@@H](CO)C(=O)N[C@H]1C(=O)N[C@@H](C)C(=O)N[C@@H](CC(C)C)C(=O)N[C@@H]([C@@H](C)CC)C(=O)O[C@H]1C)[C@@H](C)CC. The number of hydrogen-bond acceptors (Lipinski definition) is 16. The van der Waals surface area contributed by atoms with Crippen LogP contribution in [0.15, 0.2) is 30.3 Å². The Kier molecular flexibility index (Phi) is 36.1. The van der Waals surface area contributed by atoms with Gasteiger partial charge in [-0.3, -0.25) is 58.8 Å². The Labute approximate surface area is 547 Å². The number of hydrogen-bond donors (Lipinski definition) is 18. The summed E-state index contributed by atoms with van der Waals surface area (Å²) in [4.78, 5) is 156. The van der Waals surface area contributed by atoms with Gasteiger partial charge in [0.1, 0.15) is 66.5 Å². The van der Waals surface area contributed by atoms with Crippen LogP contribution >= 0.6 is 0 Å². The minimum absolute atomic E-state index is 0.0327. The number of benzene rings is 1. The van der Waals surface area contributed by atoms with E-state index in [2.05, 4.69) is 69.1 Å². The summed E-state index contributed by atoms with van der Waals surface area (Å²) >= 11 is 0. The lowest BCUT2D eigenvalue weighted by molar-refractivity contribution is -0.157. The van der Waals surface area contributed by atoms with Crippen molar-refractivity contribution in [3.63, 3.8) is 0 Å². The smallest absolute Gasteiger partial charge is 0.329 e. The molecule has 2 rings (SSSR count). The van der Waals surface area contributed by atoms with Crippen molar-refractivity contribution in [1.82, 2.24) is 69.1 Å². The van der Waals surface area contributed by atoms with Gasteiger partial charge in [0.15, 0.2) is 11.9 Å². The quantitative estimate of drug-likeness (QED) is 0.0160. The van der Waals surface area contributed by atoms with Gasteiger partial charge in [-0.15, -0.1) is 0 Å². The van der Waals surface area contributed by atoms with E-state index in [0.717, 1.165) is 5.56 Å². The number of aliphatic hydroxyl groups excluding tert-OH is 1. The second kappa shape index (κ2) is 41.4. The summed E-state index contributed by atoms with van der Waals surface area (Å²) < 4.78 is 5.74. The normalized spacial score (nSPS) is 20.6. The molecule has 0 aromatic heterocycles. The van der Waals surface area contributed by atoms with Crippen molar-refractivity contribution in [1.29, 1.82) is 10.8 Å². The average molecular weight is 1310 g/mol. The number of aryl methyl sites for hydroxylation is 1. The van der Waals surface area contributed by atoms with Crippen LogP contribution < -0.4 is 80.6 Å². The molecule has 1 saturated heterocycles. The minimum Gasteiger partial charge on any atom is -0.458 e. The van der Waals surface area contributed by atoms with Crippen molar-refractivity contribution in [2.75, 3.05) is 26.7 Å². The summed E-state index contributed by atoms with van der Waals surface area (Å²) in [5.41, 5.74) is 12.1. The lowest BCUT2D eigenvalue weighted by Gasteiger charge is -2.31. The number of amides is 10. The maximum Gasteiger partial charge on any atom is 0.329 e. The molecule has 0 unspecified atom stereocenters. The van der Waals surface area contributed by atoms with Crippen LogP contribution in [0.1, 0.15) is 153 Å². The molecular formula is C63H109N17O13. The highest BCUT2D eigenvalue weighted by Gasteiger charge is 2.41. The van der Waals surface area contributed by atoms with E-state index in [4.69, 9.17) is 27.0 Å². The Morgan fingerprint density at radius 3 is 1.47 bits per heavy atom. The third-order valence-corrected chi connectivity index (χ3v) is 16.9. The molecule has 93 heavy (non-hydrogen) atoms. The molecule has 1 aliphatic rings. The fourth-order valence-electron chi connectivity index (χ4n) is 10.1. The maximum absolute atomic E-state index is 14.7. The minimum atomic E-state index is -1.79. The topological polar surface area (TPSA) is 473 Å². The van der Waals surface area contributed by atoms with Crippen molar-refractivity contribution >= 4 is 77.0 Å². The van der Waals surface area contributed by atoms with Gasteiger partial charge < -0.3 is 90.4 Å². The summed E-state index contributed by atoms with van der Waals surface area (Å²) in [5, 5.41) is 60.9. The number of carbonyl (C=O) groups is 11. The van der Waals surface area contributed by atoms with Crippen LogP contribution in [0.5, 0.6) is 0 Å². The molecule has 1 aliphatic heterocycles. The van der Waals surface area contributed by atoms with Crippen LogP contribution in [0.3, 0.4) is 0 Å². The predicted molar refractivity (Wildman–Crippen MR) is 351 cm³/mol. The van der Waals surface area contributed by atoms with E-state index >= 15 is 0 Å². The summed E-state index contributed by atoms with van der Waals surface area (Å²) in [6.07, 6.45) is 1.41. The molecule has 0 spiro atoms. The molecule has 30 heteroatoms. The predicted octanol–water partition coefficient (Wildman–Crippen LogP) is -1.23. The molecular weight excluding hydrogens is 1200 g/mol. The molecule has 1 aromatic carbocycles. The Hall–Kier alpha value is -8.15. The molecule has 10 amide bonds. The van der Waals surface area contributed by atoms with Gasteiger partial charge in [-0.2, -0.15) is 0 Å². The number of rotatable bonds is 37. The van der Waals surface area contributed by atoms with Crippen molar-refractivity contribution in [2.45, 2.75) is 226 Å². The van der Waals surface area contributed by atoms with E-state index in [-0.39, 0.29) is 69.5 Å². The lowest BCUT2D eigenvalue weighted by Crippen LogP contribution is -2.63.